The molecule has 2 aromatic rings. The highest BCUT2D eigenvalue weighted by molar-refractivity contribution is 6.32. The van der Waals surface area contributed by atoms with E-state index < -0.39 is 0 Å². The molecule has 0 aliphatic carbocycles. The van der Waals surface area contributed by atoms with Gasteiger partial charge in [-0.05, 0) is 11.6 Å². The normalized spacial score (nSPS) is 13.1. The number of hydrogen-bond acceptors (Lipinski definition) is 5. The van der Waals surface area contributed by atoms with E-state index in [0.29, 0.717) is 35.2 Å². The van der Waals surface area contributed by atoms with Gasteiger partial charge in [0.25, 0.3) is 0 Å². The number of benzene rings is 2. The van der Waals surface area contributed by atoms with Crippen molar-refractivity contribution in [3.05, 3.63) is 53.1 Å². The second kappa shape index (κ2) is 9.43. The largest absolute Gasteiger partial charge is 0.495 e. The Morgan fingerprint density at radius 2 is 1.83 bits per heavy atom. The average molecular weight is 416 g/mol. The number of hydrogen-bond donors (Lipinski definition) is 1. The highest BCUT2D eigenvalue weighted by Gasteiger charge is 2.22. The van der Waals surface area contributed by atoms with E-state index in [1.54, 1.807) is 12.1 Å². The lowest BCUT2D eigenvalue weighted by molar-refractivity contribution is -0.132. The molecule has 8 heteroatoms. The Morgan fingerprint density at radius 1 is 1.10 bits per heavy atom. The maximum absolute atomic E-state index is 12.4. The lowest BCUT2D eigenvalue weighted by Crippen LogP contribution is -2.25. The molecule has 0 radical (unpaired) electrons. The van der Waals surface area contributed by atoms with Crippen molar-refractivity contribution in [2.45, 2.75) is 19.3 Å². The van der Waals surface area contributed by atoms with E-state index in [2.05, 4.69) is 10.4 Å². The molecule has 1 aliphatic heterocycles. The van der Waals surface area contributed by atoms with Gasteiger partial charge in [-0.25, -0.2) is 5.01 Å². The standard InChI is InChI=1S/C21H22ClN3O4/c1-28-18-13-19(29-2)17(12-15(18)22)23-20(26)8-9-21(27)25-11-10-16(24-25)14-6-4-3-5-7-14/h3-7,12-13H,8-11H2,1-2H3,(H,23,26). The minimum Gasteiger partial charge on any atom is -0.495 e. The second-order valence-corrected chi connectivity index (χ2v) is 6.82. The van der Waals surface area contributed by atoms with Crippen molar-refractivity contribution in [3.8, 4) is 11.5 Å². The van der Waals surface area contributed by atoms with Gasteiger partial charge < -0.3 is 14.8 Å². The number of rotatable bonds is 7. The predicted octanol–water partition coefficient (Wildman–Crippen LogP) is 3.71. The number of halogens is 1. The Balaban J connectivity index is 1.57. The van der Waals surface area contributed by atoms with Crippen molar-refractivity contribution in [3.63, 3.8) is 0 Å². The number of ether oxygens (including phenoxy) is 2. The van der Waals surface area contributed by atoms with Crippen LogP contribution >= 0.6 is 11.6 Å². The molecular formula is C21H22ClN3O4. The van der Waals surface area contributed by atoms with Gasteiger partial charge in [-0.2, -0.15) is 5.10 Å². The Hall–Kier alpha value is -3.06. The van der Waals surface area contributed by atoms with Gasteiger partial charge in [0.05, 0.1) is 37.2 Å². The molecule has 0 fully saturated rings. The van der Waals surface area contributed by atoms with Gasteiger partial charge >= 0.3 is 0 Å². The summed E-state index contributed by atoms with van der Waals surface area (Å²) in [5.74, 6) is 0.357. The van der Waals surface area contributed by atoms with E-state index in [-0.39, 0.29) is 24.7 Å². The molecule has 29 heavy (non-hydrogen) atoms. The van der Waals surface area contributed by atoms with Crippen LogP contribution in [0.4, 0.5) is 5.69 Å². The number of hydrazone groups is 1. The molecule has 0 spiro atoms. The summed E-state index contributed by atoms with van der Waals surface area (Å²) in [4.78, 5) is 24.7. The van der Waals surface area contributed by atoms with Crippen molar-refractivity contribution in [1.29, 1.82) is 0 Å². The Labute approximate surface area is 174 Å². The van der Waals surface area contributed by atoms with E-state index in [4.69, 9.17) is 21.1 Å². The Kier molecular flexibility index (Phi) is 6.72. The molecule has 2 aromatic carbocycles. The number of carbonyl (C=O) groups is 2. The fourth-order valence-corrected chi connectivity index (χ4v) is 3.23. The fraction of sp³-hybridized carbons (Fsp3) is 0.286. The van der Waals surface area contributed by atoms with E-state index in [9.17, 15) is 9.59 Å². The van der Waals surface area contributed by atoms with Crippen molar-refractivity contribution < 1.29 is 19.1 Å². The molecule has 1 N–H and O–H groups in total. The molecule has 1 heterocycles. The van der Waals surface area contributed by atoms with Crippen LogP contribution in [-0.4, -0.2) is 43.3 Å². The molecule has 0 bridgehead atoms. The van der Waals surface area contributed by atoms with Crippen LogP contribution in [0, 0.1) is 0 Å². The minimum absolute atomic E-state index is 0.0261. The molecule has 0 unspecified atom stereocenters. The van der Waals surface area contributed by atoms with Gasteiger partial charge in [0.1, 0.15) is 11.5 Å². The van der Waals surface area contributed by atoms with Crippen LogP contribution in [0.15, 0.2) is 47.6 Å². The zero-order valence-corrected chi connectivity index (χ0v) is 17.0. The summed E-state index contributed by atoms with van der Waals surface area (Å²) in [5, 5.41) is 8.90. The van der Waals surface area contributed by atoms with Gasteiger partial charge in [0, 0.05) is 25.3 Å². The zero-order valence-electron chi connectivity index (χ0n) is 16.3. The van der Waals surface area contributed by atoms with Gasteiger partial charge in [-0.3, -0.25) is 9.59 Å². The van der Waals surface area contributed by atoms with E-state index in [1.165, 1.54) is 19.2 Å². The lowest BCUT2D eigenvalue weighted by Gasteiger charge is -2.14. The molecule has 3 rings (SSSR count). The monoisotopic (exact) mass is 415 g/mol. The quantitative estimate of drug-likeness (QED) is 0.747. The van der Waals surface area contributed by atoms with Crippen LogP contribution in [-0.2, 0) is 9.59 Å². The van der Waals surface area contributed by atoms with Gasteiger partial charge in [0.2, 0.25) is 11.8 Å². The highest BCUT2D eigenvalue weighted by Crippen LogP contribution is 2.36. The molecule has 0 saturated heterocycles. The molecule has 0 saturated carbocycles. The summed E-state index contributed by atoms with van der Waals surface area (Å²) in [6.07, 6.45) is 0.783. The molecule has 2 amide bonds. The summed E-state index contributed by atoms with van der Waals surface area (Å²) in [5.41, 5.74) is 2.30. The Bertz CT molecular complexity index is 931. The SMILES string of the molecule is COc1cc(OC)c(NC(=O)CCC(=O)N2CCC(c3ccccc3)=N2)cc1Cl. The third kappa shape index (κ3) is 5.06. The van der Waals surface area contributed by atoms with Crippen molar-refractivity contribution in [2.75, 3.05) is 26.1 Å². The molecule has 7 nitrogen and oxygen atoms in total. The van der Waals surface area contributed by atoms with Crippen LogP contribution in [0.1, 0.15) is 24.8 Å². The summed E-state index contributed by atoms with van der Waals surface area (Å²) in [6.45, 7) is 0.520. The number of carbonyl (C=O) groups excluding carboxylic acids is 2. The molecule has 152 valence electrons. The average Bonchev–Trinajstić information content (AvgIpc) is 3.23. The van der Waals surface area contributed by atoms with E-state index >= 15 is 0 Å². The summed E-state index contributed by atoms with van der Waals surface area (Å²) in [7, 11) is 2.98. The van der Waals surface area contributed by atoms with Crippen molar-refractivity contribution in [1.82, 2.24) is 5.01 Å². The van der Waals surface area contributed by atoms with Gasteiger partial charge in [0.15, 0.2) is 0 Å². The van der Waals surface area contributed by atoms with Gasteiger partial charge in [-0.15, -0.1) is 0 Å². The minimum atomic E-state index is -0.315. The number of nitrogens with zero attached hydrogens (tertiary/aromatic N) is 2. The molecule has 0 atom stereocenters. The third-order valence-electron chi connectivity index (χ3n) is 4.51. The number of nitrogens with one attached hydrogen (secondary N) is 1. The van der Waals surface area contributed by atoms with Crippen LogP contribution in [0.5, 0.6) is 11.5 Å². The lowest BCUT2D eigenvalue weighted by atomic mass is 10.1. The first-order chi connectivity index (χ1) is 14.0. The smallest absolute Gasteiger partial charge is 0.243 e. The summed E-state index contributed by atoms with van der Waals surface area (Å²) >= 11 is 6.11. The van der Waals surface area contributed by atoms with Crippen LogP contribution in [0.3, 0.4) is 0 Å². The Morgan fingerprint density at radius 3 is 2.52 bits per heavy atom. The first-order valence-corrected chi connectivity index (χ1v) is 9.54. The van der Waals surface area contributed by atoms with Crippen LogP contribution < -0.4 is 14.8 Å². The van der Waals surface area contributed by atoms with Crippen molar-refractivity contribution >= 4 is 34.8 Å². The first kappa shape index (κ1) is 20.7. The second-order valence-electron chi connectivity index (χ2n) is 6.41. The summed E-state index contributed by atoms with van der Waals surface area (Å²) < 4.78 is 10.4. The van der Waals surface area contributed by atoms with Gasteiger partial charge in [-0.1, -0.05) is 41.9 Å². The molecular weight excluding hydrogens is 394 g/mol. The number of amides is 2. The van der Waals surface area contributed by atoms with E-state index in [0.717, 1.165) is 11.3 Å². The third-order valence-corrected chi connectivity index (χ3v) is 4.81. The zero-order chi connectivity index (χ0) is 20.8. The van der Waals surface area contributed by atoms with Crippen molar-refractivity contribution in [2.24, 2.45) is 5.10 Å². The molecule has 0 aromatic heterocycles. The number of methoxy groups -OCH3 is 2. The van der Waals surface area contributed by atoms with E-state index in [1.807, 2.05) is 30.3 Å². The van der Waals surface area contributed by atoms with Crippen LogP contribution in [0.2, 0.25) is 5.02 Å². The summed E-state index contributed by atoms with van der Waals surface area (Å²) in [6, 6.07) is 12.9. The highest BCUT2D eigenvalue weighted by atomic mass is 35.5. The topological polar surface area (TPSA) is 80.2 Å². The number of anilines is 1. The molecule has 1 aliphatic rings. The first-order valence-electron chi connectivity index (χ1n) is 9.16. The maximum atomic E-state index is 12.4. The fourth-order valence-electron chi connectivity index (χ4n) is 2.99. The maximum Gasteiger partial charge on any atom is 0.243 e. The predicted molar refractivity (Wildman–Crippen MR) is 112 cm³/mol. The van der Waals surface area contributed by atoms with Crippen LogP contribution in [0.25, 0.3) is 0 Å².